The zero-order chi connectivity index (χ0) is 22.6. The summed E-state index contributed by atoms with van der Waals surface area (Å²) in [6, 6.07) is 14.4. The van der Waals surface area contributed by atoms with Crippen molar-refractivity contribution < 1.29 is 14.3 Å². The van der Waals surface area contributed by atoms with Crippen molar-refractivity contribution >= 4 is 17.7 Å². The molecular formula is C23H27N5O3. The van der Waals surface area contributed by atoms with Gasteiger partial charge in [0.1, 0.15) is 18.3 Å². The Hall–Kier alpha value is -3.68. The molecule has 3 aromatic rings. The quantitative estimate of drug-likeness (QED) is 0.657. The van der Waals surface area contributed by atoms with Crippen LogP contribution in [0.1, 0.15) is 49.7 Å². The van der Waals surface area contributed by atoms with Gasteiger partial charge >= 0.3 is 6.09 Å². The fraction of sp³-hybridized carbons (Fsp3) is 0.304. The highest BCUT2D eigenvalue weighted by molar-refractivity contribution is 5.95. The second kappa shape index (κ2) is 8.99. The maximum absolute atomic E-state index is 12.9. The molecule has 0 fully saturated rings. The Kier molecular flexibility index (Phi) is 6.39. The summed E-state index contributed by atoms with van der Waals surface area (Å²) in [6.07, 6.45) is 2.58. The van der Waals surface area contributed by atoms with E-state index in [0.29, 0.717) is 11.3 Å². The lowest BCUT2D eigenvalue weighted by molar-refractivity contribution is 0.0635. The van der Waals surface area contributed by atoms with Crippen molar-refractivity contribution in [2.75, 3.05) is 12.4 Å². The number of ether oxygens (including phenoxy) is 1. The first-order valence-corrected chi connectivity index (χ1v) is 9.96. The zero-order valence-corrected chi connectivity index (χ0v) is 18.4. The topological polar surface area (TPSA) is 89.4 Å². The second-order valence-electron chi connectivity index (χ2n) is 8.23. The number of carbonyl (C=O) groups is 2. The molecule has 2 aromatic carbocycles. The number of amides is 2. The van der Waals surface area contributed by atoms with Crippen LogP contribution >= 0.6 is 0 Å². The summed E-state index contributed by atoms with van der Waals surface area (Å²) < 4.78 is 6.91. The maximum Gasteiger partial charge on any atom is 0.412 e. The SMILES string of the molecule is C[C@@H](c1ccc(-n2cncn2)cc1)N(C)C(=O)c1ccc(NC(=O)OC(C)(C)C)cc1. The van der Waals surface area contributed by atoms with Crippen LogP contribution in [-0.4, -0.2) is 44.3 Å². The van der Waals surface area contributed by atoms with Crippen LogP contribution in [0.3, 0.4) is 0 Å². The van der Waals surface area contributed by atoms with E-state index >= 15 is 0 Å². The molecule has 0 saturated heterocycles. The van der Waals surface area contributed by atoms with Gasteiger partial charge in [0.05, 0.1) is 11.7 Å². The lowest BCUT2D eigenvalue weighted by atomic mass is 10.1. The van der Waals surface area contributed by atoms with Gasteiger partial charge < -0.3 is 9.64 Å². The molecule has 0 bridgehead atoms. The largest absolute Gasteiger partial charge is 0.444 e. The normalized spacial score (nSPS) is 12.2. The maximum atomic E-state index is 12.9. The molecule has 31 heavy (non-hydrogen) atoms. The molecule has 0 aliphatic heterocycles. The Labute approximate surface area is 181 Å². The number of hydrogen-bond donors (Lipinski definition) is 1. The van der Waals surface area contributed by atoms with Crippen molar-refractivity contribution in [3.05, 3.63) is 72.3 Å². The highest BCUT2D eigenvalue weighted by Gasteiger charge is 2.20. The van der Waals surface area contributed by atoms with Crippen molar-refractivity contribution in [2.24, 2.45) is 0 Å². The van der Waals surface area contributed by atoms with Crippen LogP contribution in [0, 0.1) is 0 Å². The van der Waals surface area contributed by atoms with Gasteiger partial charge in [-0.15, -0.1) is 0 Å². The van der Waals surface area contributed by atoms with Crippen LogP contribution in [0.2, 0.25) is 0 Å². The van der Waals surface area contributed by atoms with E-state index in [-0.39, 0.29) is 11.9 Å². The summed E-state index contributed by atoms with van der Waals surface area (Å²) in [5, 5.41) is 6.77. The van der Waals surface area contributed by atoms with Gasteiger partial charge in [-0.2, -0.15) is 5.10 Å². The van der Waals surface area contributed by atoms with Crippen molar-refractivity contribution in [1.29, 1.82) is 0 Å². The zero-order valence-electron chi connectivity index (χ0n) is 18.4. The number of anilines is 1. The van der Waals surface area contributed by atoms with Crippen LogP contribution in [0.5, 0.6) is 0 Å². The summed E-state index contributed by atoms with van der Waals surface area (Å²) in [7, 11) is 1.77. The third-order valence-corrected chi connectivity index (χ3v) is 4.74. The molecule has 8 heteroatoms. The molecule has 0 unspecified atom stereocenters. The van der Waals surface area contributed by atoms with Gasteiger partial charge in [0.2, 0.25) is 0 Å². The van der Waals surface area contributed by atoms with Crippen molar-refractivity contribution in [2.45, 2.75) is 39.3 Å². The Balaban J connectivity index is 1.64. The smallest absolute Gasteiger partial charge is 0.412 e. The van der Waals surface area contributed by atoms with Gasteiger partial charge in [-0.3, -0.25) is 10.1 Å². The summed E-state index contributed by atoms with van der Waals surface area (Å²) in [5.41, 5.74) is 2.42. The van der Waals surface area contributed by atoms with Crippen molar-refractivity contribution in [1.82, 2.24) is 19.7 Å². The van der Waals surface area contributed by atoms with Gasteiger partial charge in [-0.25, -0.2) is 14.5 Å². The number of benzene rings is 2. The molecule has 1 aromatic heterocycles. The van der Waals surface area contributed by atoms with E-state index in [1.54, 1.807) is 68.0 Å². The van der Waals surface area contributed by atoms with Gasteiger partial charge in [-0.1, -0.05) is 12.1 Å². The molecule has 0 aliphatic carbocycles. The van der Waals surface area contributed by atoms with Gasteiger partial charge in [0, 0.05) is 18.3 Å². The standard InChI is InChI=1S/C23H27N5O3/c1-16(17-8-12-20(13-9-17)28-15-24-14-25-28)27(5)21(29)18-6-10-19(11-7-18)26-22(30)31-23(2,3)4/h6-16H,1-5H3,(H,26,30)/t16-/m0/s1. The molecule has 3 rings (SSSR count). The minimum absolute atomic E-state index is 0.114. The molecule has 0 spiro atoms. The summed E-state index contributed by atoms with van der Waals surface area (Å²) in [6.45, 7) is 7.37. The Morgan fingerprint density at radius 2 is 1.71 bits per heavy atom. The molecule has 1 atom stereocenters. The number of hydrogen-bond acceptors (Lipinski definition) is 5. The van der Waals surface area contributed by atoms with Crippen LogP contribution < -0.4 is 5.32 Å². The molecule has 162 valence electrons. The molecule has 0 radical (unpaired) electrons. The molecule has 0 saturated carbocycles. The molecule has 0 aliphatic rings. The third-order valence-electron chi connectivity index (χ3n) is 4.74. The fourth-order valence-electron chi connectivity index (χ4n) is 2.97. The molecule has 1 N–H and O–H groups in total. The first-order valence-electron chi connectivity index (χ1n) is 9.96. The predicted molar refractivity (Wildman–Crippen MR) is 118 cm³/mol. The molecule has 1 heterocycles. The van der Waals surface area contributed by atoms with Crippen molar-refractivity contribution in [3.63, 3.8) is 0 Å². The summed E-state index contributed by atoms with van der Waals surface area (Å²) in [5.74, 6) is -0.114. The van der Waals surface area contributed by atoms with Crippen molar-refractivity contribution in [3.8, 4) is 5.69 Å². The number of nitrogens with zero attached hydrogens (tertiary/aromatic N) is 4. The van der Waals surface area contributed by atoms with E-state index in [1.807, 2.05) is 31.2 Å². The van der Waals surface area contributed by atoms with E-state index in [9.17, 15) is 9.59 Å². The Morgan fingerprint density at radius 3 is 2.26 bits per heavy atom. The highest BCUT2D eigenvalue weighted by atomic mass is 16.6. The Bertz CT molecular complexity index is 1020. The van der Waals surface area contributed by atoms with Crippen LogP contribution in [0.4, 0.5) is 10.5 Å². The number of rotatable bonds is 5. The number of aromatic nitrogens is 3. The van der Waals surface area contributed by atoms with Crippen LogP contribution in [0.25, 0.3) is 5.69 Å². The lowest BCUT2D eigenvalue weighted by Crippen LogP contribution is -2.29. The minimum Gasteiger partial charge on any atom is -0.444 e. The van der Waals surface area contributed by atoms with Gasteiger partial charge in [0.25, 0.3) is 5.91 Å². The Morgan fingerprint density at radius 1 is 1.06 bits per heavy atom. The van der Waals surface area contributed by atoms with E-state index < -0.39 is 11.7 Å². The predicted octanol–water partition coefficient (Wildman–Crippen LogP) is 4.45. The molecule has 2 amide bonds. The molecular weight excluding hydrogens is 394 g/mol. The summed E-state index contributed by atoms with van der Waals surface area (Å²) >= 11 is 0. The van der Waals surface area contributed by atoms with Gasteiger partial charge in [-0.05, 0) is 69.7 Å². The average Bonchev–Trinajstić information content (AvgIpc) is 3.26. The van der Waals surface area contributed by atoms with Crippen LogP contribution in [-0.2, 0) is 4.74 Å². The third kappa shape index (κ3) is 5.69. The second-order valence-corrected chi connectivity index (χ2v) is 8.23. The van der Waals surface area contributed by atoms with E-state index in [2.05, 4.69) is 15.4 Å². The van der Waals surface area contributed by atoms with E-state index in [1.165, 1.54) is 6.33 Å². The summed E-state index contributed by atoms with van der Waals surface area (Å²) in [4.78, 5) is 30.4. The lowest BCUT2D eigenvalue weighted by Gasteiger charge is -2.26. The van der Waals surface area contributed by atoms with E-state index in [4.69, 9.17) is 4.74 Å². The van der Waals surface area contributed by atoms with E-state index in [0.717, 1.165) is 11.3 Å². The number of carbonyl (C=O) groups excluding carboxylic acids is 2. The fourth-order valence-corrected chi connectivity index (χ4v) is 2.97. The van der Waals surface area contributed by atoms with Gasteiger partial charge in [0.15, 0.2) is 0 Å². The average molecular weight is 422 g/mol. The first-order chi connectivity index (χ1) is 14.6. The highest BCUT2D eigenvalue weighted by Crippen LogP contribution is 2.23. The first kappa shape index (κ1) is 22.0. The molecule has 8 nitrogen and oxygen atoms in total. The number of nitrogens with one attached hydrogen (secondary N) is 1. The monoisotopic (exact) mass is 421 g/mol. The minimum atomic E-state index is -0.577. The van der Waals surface area contributed by atoms with Crippen LogP contribution in [0.15, 0.2) is 61.2 Å².